The van der Waals surface area contributed by atoms with Crippen molar-refractivity contribution in [1.82, 2.24) is 20.1 Å². The van der Waals surface area contributed by atoms with Crippen LogP contribution in [0.3, 0.4) is 0 Å². The van der Waals surface area contributed by atoms with Gasteiger partial charge >= 0.3 is 12.2 Å². The average Bonchev–Trinajstić information content (AvgIpc) is 3.12. The summed E-state index contributed by atoms with van der Waals surface area (Å²) in [7, 11) is 1.95. The molecule has 0 aliphatic carbocycles. The fraction of sp³-hybridized carbons (Fsp3) is 0.500. The van der Waals surface area contributed by atoms with E-state index in [1.54, 1.807) is 4.90 Å². The van der Waals surface area contributed by atoms with E-state index in [0.717, 1.165) is 41.1 Å². The molecule has 1 aromatic heterocycles. The molecule has 2 aliphatic rings. The zero-order chi connectivity index (χ0) is 23.8. The first kappa shape index (κ1) is 23.4. The van der Waals surface area contributed by atoms with E-state index in [0.29, 0.717) is 26.2 Å². The molecule has 2 aromatic rings. The van der Waals surface area contributed by atoms with Crippen LogP contribution in [0, 0.1) is 0 Å². The number of nitrogens with one attached hydrogen (secondary N) is 2. The lowest BCUT2D eigenvalue weighted by Gasteiger charge is -2.31. The van der Waals surface area contributed by atoms with Crippen molar-refractivity contribution in [3.63, 3.8) is 0 Å². The summed E-state index contributed by atoms with van der Waals surface area (Å²) in [6.07, 6.45) is -1.74. The SMILES string of the molecule is CC(C)Nc1cc2c(cn1)CCN(C(=O)NC1CN(C)C[C@H]1c1ccc(C(F)(F)F)cc1)C2. The third-order valence-corrected chi connectivity index (χ3v) is 6.30. The molecule has 1 saturated heterocycles. The maximum atomic E-state index is 13.1. The third-order valence-electron chi connectivity index (χ3n) is 6.30. The lowest BCUT2D eigenvalue weighted by Crippen LogP contribution is -2.48. The Bertz CT molecular complexity index is 993. The van der Waals surface area contributed by atoms with Crippen molar-refractivity contribution in [2.45, 2.75) is 51.0 Å². The lowest BCUT2D eigenvalue weighted by molar-refractivity contribution is -0.137. The summed E-state index contributed by atoms with van der Waals surface area (Å²) in [5.41, 5.74) is 2.37. The van der Waals surface area contributed by atoms with E-state index >= 15 is 0 Å². The molecule has 2 atom stereocenters. The minimum atomic E-state index is -4.36. The van der Waals surface area contributed by atoms with Crippen LogP contribution in [-0.4, -0.2) is 59.6 Å². The summed E-state index contributed by atoms with van der Waals surface area (Å²) in [5, 5.41) is 6.44. The molecule has 6 nitrogen and oxygen atoms in total. The molecule has 1 fully saturated rings. The second-order valence-corrected chi connectivity index (χ2v) is 9.31. The smallest absolute Gasteiger partial charge is 0.368 e. The van der Waals surface area contributed by atoms with Gasteiger partial charge in [-0.15, -0.1) is 0 Å². The quantitative estimate of drug-likeness (QED) is 0.720. The van der Waals surface area contributed by atoms with Crippen LogP contribution in [0.1, 0.15) is 42.0 Å². The van der Waals surface area contributed by atoms with Crippen LogP contribution in [0.15, 0.2) is 36.5 Å². The van der Waals surface area contributed by atoms with Gasteiger partial charge in [-0.05, 0) is 62.2 Å². The maximum Gasteiger partial charge on any atom is 0.416 e. The van der Waals surface area contributed by atoms with Gasteiger partial charge in [0.25, 0.3) is 0 Å². The number of amides is 2. The van der Waals surface area contributed by atoms with Crippen LogP contribution in [0.5, 0.6) is 0 Å². The number of carbonyl (C=O) groups excluding carboxylic acids is 1. The van der Waals surface area contributed by atoms with Gasteiger partial charge in [-0.1, -0.05) is 12.1 Å². The second kappa shape index (κ2) is 9.21. The zero-order valence-electron chi connectivity index (χ0n) is 19.1. The number of nitrogens with zero attached hydrogens (tertiary/aromatic N) is 3. The predicted octanol–water partition coefficient (Wildman–Crippen LogP) is 4.09. The molecular formula is C24H30F3N5O. The van der Waals surface area contributed by atoms with E-state index in [1.807, 2.05) is 33.2 Å². The van der Waals surface area contributed by atoms with Crippen LogP contribution in [-0.2, 0) is 19.1 Å². The molecule has 2 N–H and O–H groups in total. The molecule has 3 heterocycles. The Balaban J connectivity index is 1.44. The van der Waals surface area contributed by atoms with Crippen molar-refractivity contribution in [3.8, 4) is 0 Å². The summed E-state index contributed by atoms with van der Waals surface area (Å²) in [6.45, 7) is 6.53. The number of aromatic nitrogens is 1. The number of rotatable bonds is 4. The Morgan fingerprint density at radius 3 is 2.55 bits per heavy atom. The number of fused-ring (bicyclic) bond motifs is 1. The predicted molar refractivity (Wildman–Crippen MR) is 121 cm³/mol. The van der Waals surface area contributed by atoms with Crippen molar-refractivity contribution in [3.05, 3.63) is 58.8 Å². The number of urea groups is 1. The van der Waals surface area contributed by atoms with Crippen LogP contribution < -0.4 is 10.6 Å². The normalized spacial score (nSPS) is 21.2. The number of pyridine rings is 1. The minimum absolute atomic E-state index is 0.0654. The third kappa shape index (κ3) is 5.40. The van der Waals surface area contributed by atoms with Crippen LogP contribution >= 0.6 is 0 Å². The van der Waals surface area contributed by atoms with Crippen molar-refractivity contribution >= 4 is 11.8 Å². The van der Waals surface area contributed by atoms with Gasteiger partial charge in [-0.25, -0.2) is 9.78 Å². The summed E-state index contributed by atoms with van der Waals surface area (Å²) in [4.78, 5) is 21.5. The Morgan fingerprint density at radius 1 is 1.15 bits per heavy atom. The Morgan fingerprint density at radius 2 is 1.88 bits per heavy atom. The molecule has 0 bridgehead atoms. The minimum Gasteiger partial charge on any atom is -0.368 e. The van der Waals surface area contributed by atoms with Crippen molar-refractivity contribution in [2.75, 3.05) is 32.0 Å². The number of benzene rings is 1. The highest BCUT2D eigenvalue weighted by Gasteiger charge is 2.36. The fourth-order valence-electron chi connectivity index (χ4n) is 4.64. The Hall–Kier alpha value is -2.81. The molecule has 33 heavy (non-hydrogen) atoms. The number of carbonyl (C=O) groups is 1. The molecular weight excluding hydrogens is 431 g/mol. The molecule has 0 saturated carbocycles. The number of hydrogen-bond donors (Lipinski definition) is 2. The maximum absolute atomic E-state index is 13.1. The first-order chi connectivity index (χ1) is 15.6. The summed E-state index contributed by atoms with van der Waals surface area (Å²) < 4.78 is 38.8. The van der Waals surface area contributed by atoms with Crippen molar-refractivity contribution in [2.24, 2.45) is 0 Å². The lowest BCUT2D eigenvalue weighted by atomic mass is 9.93. The van der Waals surface area contributed by atoms with Crippen molar-refractivity contribution < 1.29 is 18.0 Å². The van der Waals surface area contributed by atoms with Crippen LogP contribution in [0.25, 0.3) is 0 Å². The van der Waals surface area contributed by atoms with Gasteiger partial charge in [0, 0.05) is 44.3 Å². The van der Waals surface area contributed by atoms with Crippen LogP contribution in [0.2, 0.25) is 0 Å². The van der Waals surface area contributed by atoms with Gasteiger partial charge in [0.05, 0.1) is 11.6 Å². The average molecular weight is 462 g/mol. The van der Waals surface area contributed by atoms with Gasteiger partial charge in [0.1, 0.15) is 5.82 Å². The zero-order valence-corrected chi connectivity index (χ0v) is 19.1. The molecule has 0 spiro atoms. The molecule has 2 aliphatic heterocycles. The Kier molecular flexibility index (Phi) is 6.52. The molecule has 4 rings (SSSR count). The highest BCUT2D eigenvalue weighted by molar-refractivity contribution is 5.75. The van der Waals surface area contributed by atoms with Gasteiger partial charge in [0.2, 0.25) is 0 Å². The number of hydrogen-bond acceptors (Lipinski definition) is 4. The van der Waals surface area contributed by atoms with Gasteiger partial charge in [-0.2, -0.15) is 13.2 Å². The first-order valence-electron chi connectivity index (χ1n) is 11.3. The van der Waals surface area contributed by atoms with Gasteiger partial charge in [-0.3, -0.25) is 0 Å². The molecule has 2 amide bonds. The van der Waals surface area contributed by atoms with Gasteiger partial charge < -0.3 is 20.4 Å². The number of alkyl halides is 3. The standard InChI is InChI=1S/C24H30F3N5O/c1-15(2)29-22-10-18-12-32(9-8-17(18)11-28-22)23(33)30-21-14-31(3)13-20(21)16-4-6-19(7-5-16)24(25,26)27/h4-7,10-11,15,20-21H,8-9,12-14H2,1-3H3,(H,28,29)(H,30,33)/t20-,21?/m0/s1. The number of halogens is 3. The van der Waals surface area contributed by atoms with E-state index in [-0.39, 0.29) is 24.0 Å². The molecule has 0 radical (unpaired) electrons. The Labute approximate surface area is 192 Å². The largest absolute Gasteiger partial charge is 0.416 e. The first-order valence-corrected chi connectivity index (χ1v) is 11.3. The monoisotopic (exact) mass is 461 g/mol. The van der Waals surface area contributed by atoms with Crippen LogP contribution in [0.4, 0.5) is 23.8 Å². The summed E-state index contributed by atoms with van der Waals surface area (Å²) in [5.74, 6) is 0.732. The molecule has 1 aromatic carbocycles. The van der Waals surface area contributed by atoms with Crippen molar-refractivity contribution in [1.29, 1.82) is 0 Å². The van der Waals surface area contributed by atoms with E-state index in [2.05, 4.69) is 20.5 Å². The number of likely N-dealkylation sites (N-methyl/N-ethyl adjacent to an activating group) is 1. The molecule has 9 heteroatoms. The highest BCUT2D eigenvalue weighted by Crippen LogP contribution is 2.32. The fourth-order valence-corrected chi connectivity index (χ4v) is 4.64. The highest BCUT2D eigenvalue weighted by atomic mass is 19.4. The number of likely N-dealkylation sites (tertiary alicyclic amines) is 1. The second-order valence-electron chi connectivity index (χ2n) is 9.31. The van der Waals surface area contributed by atoms with E-state index in [4.69, 9.17) is 0 Å². The van der Waals surface area contributed by atoms with E-state index in [9.17, 15) is 18.0 Å². The van der Waals surface area contributed by atoms with E-state index in [1.165, 1.54) is 12.1 Å². The topological polar surface area (TPSA) is 60.5 Å². The van der Waals surface area contributed by atoms with E-state index < -0.39 is 11.7 Å². The number of anilines is 1. The summed E-state index contributed by atoms with van der Waals surface area (Å²) >= 11 is 0. The molecule has 1 unspecified atom stereocenters. The summed E-state index contributed by atoms with van der Waals surface area (Å²) in [6, 6.07) is 7.24. The molecule has 178 valence electrons. The van der Waals surface area contributed by atoms with Gasteiger partial charge in [0.15, 0.2) is 0 Å².